The predicted molar refractivity (Wildman–Crippen MR) is 81.9 cm³/mol. The number of rotatable bonds is 3. The van der Waals surface area contributed by atoms with Gasteiger partial charge in [-0.25, -0.2) is 0 Å². The number of hydrogen-bond acceptors (Lipinski definition) is 4. The highest BCUT2D eigenvalue weighted by atomic mass is 16.6. The fourth-order valence-electron chi connectivity index (χ4n) is 3.61. The van der Waals surface area contributed by atoms with E-state index in [0.717, 1.165) is 12.0 Å². The molecule has 3 rings (SSSR count). The Bertz CT molecular complexity index is 610. The summed E-state index contributed by atoms with van der Waals surface area (Å²) in [6, 6.07) is 3.69. The number of anilines is 1. The maximum Gasteiger partial charge on any atom is 0.296 e. The fraction of sp³-hybridized carbons (Fsp3) is 0.500. The lowest BCUT2D eigenvalue weighted by Crippen LogP contribution is -2.39. The summed E-state index contributed by atoms with van der Waals surface area (Å²) in [4.78, 5) is 11.1. The molecule has 1 aromatic rings. The van der Waals surface area contributed by atoms with Crippen molar-refractivity contribution in [1.29, 1.82) is 0 Å². The third kappa shape index (κ3) is 2.17. The molecule has 3 atom stereocenters. The van der Waals surface area contributed by atoms with E-state index in [-0.39, 0.29) is 22.6 Å². The van der Waals surface area contributed by atoms with Crippen molar-refractivity contribution in [3.05, 3.63) is 40.0 Å². The van der Waals surface area contributed by atoms with Crippen LogP contribution in [0, 0.1) is 22.0 Å². The van der Waals surface area contributed by atoms with Crippen LogP contribution in [0.1, 0.15) is 31.7 Å². The standard InChI is InChI=1S/C16H20N2O3/c1-9(2)15-12-6-4-5-11(12)13-7-10(21-3)8-14(18(19)20)16(13)17-15/h4-5,7-9,11-12,15,17H,6H2,1-3H3/t11-,12-,15+/m0/s1. The highest BCUT2D eigenvalue weighted by Gasteiger charge is 2.41. The monoisotopic (exact) mass is 288 g/mol. The van der Waals surface area contributed by atoms with E-state index in [4.69, 9.17) is 4.74 Å². The molecule has 0 bridgehead atoms. The number of nitro groups is 1. The van der Waals surface area contributed by atoms with Crippen LogP contribution in [-0.4, -0.2) is 18.1 Å². The van der Waals surface area contributed by atoms with Crippen LogP contribution in [-0.2, 0) is 0 Å². The summed E-state index contributed by atoms with van der Waals surface area (Å²) >= 11 is 0. The van der Waals surface area contributed by atoms with Gasteiger partial charge in [-0.05, 0) is 29.9 Å². The summed E-state index contributed by atoms with van der Waals surface area (Å²) in [5.74, 6) is 1.67. The lowest BCUT2D eigenvalue weighted by Gasteiger charge is -2.39. The number of methoxy groups -OCH3 is 1. The highest BCUT2D eigenvalue weighted by Crippen LogP contribution is 2.50. The van der Waals surface area contributed by atoms with Crippen molar-refractivity contribution >= 4 is 11.4 Å². The largest absolute Gasteiger partial charge is 0.496 e. The molecule has 0 unspecified atom stereocenters. The molecule has 0 spiro atoms. The molecule has 21 heavy (non-hydrogen) atoms. The Balaban J connectivity index is 2.17. The average molecular weight is 288 g/mol. The molecule has 1 heterocycles. The van der Waals surface area contributed by atoms with Crippen molar-refractivity contribution < 1.29 is 9.66 Å². The van der Waals surface area contributed by atoms with E-state index < -0.39 is 0 Å². The van der Waals surface area contributed by atoms with Crippen LogP contribution in [0.25, 0.3) is 0 Å². The van der Waals surface area contributed by atoms with E-state index >= 15 is 0 Å². The van der Waals surface area contributed by atoms with Gasteiger partial charge in [0.2, 0.25) is 0 Å². The van der Waals surface area contributed by atoms with Gasteiger partial charge in [0.25, 0.3) is 5.69 Å². The molecule has 0 amide bonds. The van der Waals surface area contributed by atoms with Gasteiger partial charge < -0.3 is 10.1 Å². The van der Waals surface area contributed by atoms with Crippen molar-refractivity contribution in [1.82, 2.24) is 0 Å². The first-order valence-electron chi connectivity index (χ1n) is 7.32. The molecule has 1 aliphatic carbocycles. The molecule has 0 saturated carbocycles. The number of nitrogens with one attached hydrogen (secondary N) is 1. The van der Waals surface area contributed by atoms with Crippen LogP contribution in [0.4, 0.5) is 11.4 Å². The van der Waals surface area contributed by atoms with E-state index in [1.54, 1.807) is 7.11 Å². The van der Waals surface area contributed by atoms with E-state index in [2.05, 4.69) is 31.3 Å². The van der Waals surface area contributed by atoms with Gasteiger partial charge in [0.05, 0.1) is 18.1 Å². The second-order valence-corrected chi connectivity index (χ2v) is 6.14. The van der Waals surface area contributed by atoms with Gasteiger partial charge in [-0.1, -0.05) is 26.0 Å². The van der Waals surface area contributed by atoms with Gasteiger partial charge in [0.15, 0.2) is 0 Å². The molecule has 112 valence electrons. The van der Waals surface area contributed by atoms with Crippen LogP contribution >= 0.6 is 0 Å². The molecule has 0 fully saturated rings. The van der Waals surface area contributed by atoms with E-state index in [0.29, 0.717) is 23.3 Å². The predicted octanol–water partition coefficient (Wildman–Crippen LogP) is 3.71. The minimum absolute atomic E-state index is 0.105. The average Bonchev–Trinajstić information content (AvgIpc) is 2.94. The first kappa shape index (κ1) is 13.9. The van der Waals surface area contributed by atoms with Gasteiger partial charge in [-0.2, -0.15) is 0 Å². The van der Waals surface area contributed by atoms with Crippen molar-refractivity contribution in [2.24, 2.45) is 11.8 Å². The Morgan fingerprint density at radius 1 is 1.43 bits per heavy atom. The number of hydrogen-bond donors (Lipinski definition) is 1. The zero-order valence-electron chi connectivity index (χ0n) is 12.5. The minimum atomic E-state index is -0.329. The zero-order chi connectivity index (χ0) is 15.1. The van der Waals surface area contributed by atoms with E-state index in [1.165, 1.54) is 6.07 Å². The Labute approximate surface area is 124 Å². The van der Waals surface area contributed by atoms with Crippen molar-refractivity contribution in [2.75, 3.05) is 12.4 Å². The van der Waals surface area contributed by atoms with Crippen molar-refractivity contribution in [2.45, 2.75) is 32.2 Å². The smallest absolute Gasteiger partial charge is 0.296 e. The first-order chi connectivity index (χ1) is 10.0. The lowest BCUT2D eigenvalue weighted by molar-refractivity contribution is -0.384. The van der Waals surface area contributed by atoms with Gasteiger partial charge >= 0.3 is 0 Å². The summed E-state index contributed by atoms with van der Waals surface area (Å²) in [5.41, 5.74) is 1.75. The van der Waals surface area contributed by atoms with Gasteiger partial charge in [0, 0.05) is 12.0 Å². The quantitative estimate of drug-likeness (QED) is 0.523. The van der Waals surface area contributed by atoms with Crippen LogP contribution < -0.4 is 10.1 Å². The number of ether oxygens (including phenoxy) is 1. The molecule has 1 aromatic carbocycles. The number of nitro benzene ring substituents is 1. The first-order valence-corrected chi connectivity index (χ1v) is 7.32. The molecule has 5 nitrogen and oxygen atoms in total. The van der Waals surface area contributed by atoms with Crippen molar-refractivity contribution in [3.63, 3.8) is 0 Å². The van der Waals surface area contributed by atoms with Crippen LogP contribution in [0.3, 0.4) is 0 Å². The SMILES string of the molecule is COc1cc2c(c([N+](=O)[O-])c1)N[C@H](C(C)C)[C@H]1CC=C[C@H]21. The molecule has 0 aromatic heterocycles. The molecular weight excluding hydrogens is 268 g/mol. The van der Waals surface area contributed by atoms with Crippen LogP contribution in [0.2, 0.25) is 0 Å². The summed E-state index contributed by atoms with van der Waals surface area (Å²) < 4.78 is 5.24. The molecule has 0 saturated heterocycles. The minimum Gasteiger partial charge on any atom is -0.496 e. The molecule has 1 N–H and O–H groups in total. The Morgan fingerprint density at radius 2 is 2.19 bits per heavy atom. The van der Waals surface area contributed by atoms with Crippen LogP contribution in [0.5, 0.6) is 5.75 Å². The molecular formula is C16H20N2O3. The Hall–Kier alpha value is -2.04. The maximum atomic E-state index is 11.4. The highest BCUT2D eigenvalue weighted by molar-refractivity contribution is 5.72. The molecule has 2 aliphatic rings. The summed E-state index contributed by atoms with van der Waals surface area (Å²) in [6.45, 7) is 4.32. The second kappa shape index (κ2) is 5.06. The Morgan fingerprint density at radius 3 is 2.81 bits per heavy atom. The second-order valence-electron chi connectivity index (χ2n) is 6.14. The van der Waals surface area contributed by atoms with Gasteiger partial charge in [-0.15, -0.1) is 0 Å². The van der Waals surface area contributed by atoms with Crippen LogP contribution in [0.15, 0.2) is 24.3 Å². The number of nitrogens with zero attached hydrogens (tertiary/aromatic N) is 1. The topological polar surface area (TPSA) is 64.4 Å². The molecule has 1 aliphatic heterocycles. The third-order valence-electron chi connectivity index (χ3n) is 4.62. The fourth-order valence-corrected chi connectivity index (χ4v) is 3.61. The molecule has 0 radical (unpaired) electrons. The summed E-state index contributed by atoms with van der Waals surface area (Å²) in [5, 5.41) is 14.8. The summed E-state index contributed by atoms with van der Waals surface area (Å²) in [6.07, 6.45) is 5.39. The van der Waals surface area contributed by atoms with E-state index in [9.17, 15) is 10.1 Å². The Kier molecular flexibility index (Phi) is 3.35. The third-order valence-corrected chi connectivity index (χ3v) is 4.62. The lowest BCUT2D eigenvalue weighted by atomic mass is 9.75. The number of fused-ring (bicyclic) bond motifs is 3. The zero-order valence-corrected chi connectivity index (χ0v) is 12.5. The normalized spacial score (nSPS) is 26.2. The van der Waals surface area contributed by atoms with Gasteiger partial charge in [0.1, 0.15) is 11.4 Å². The van der Waals surface area contributed by atoms with Gasteiger partial charge in [-0.3, -0.25) is 10.1 Å². The molecule has 5 heteroatoms. The summed E-state index contributed by atoms with van der Waals surface area (Å²) in [7, 11) is 1.54. The van der Waals surface area contributed by atoms with E-state index in [1.807, 2.05) is 6.07 Å². The number of benzene rings is 1. The maximum absolute atomic E-state index is 11.4. The van der Waals surface area contributed by atoms with Crippen molar-refractivity contribution in [3.8, 4) is 5.75 Å². The number of allylic oxidation sites excluding steroid dienone is 2.